The van der Waals surface area contributed by atoms with Gasteiger partial charge in [0.1, 0.15) is 5.84 Å². The van der Waals surface area contributed by atoms with Crippen LogP contribution in [0.25, 0.3) is 0 Å². The summed E-state index contributed by atoms with van der Waals surface area (Å²) in [5, 5.41) is 13.6. The van der Waals surface area contributed by atoms with Crippen molar-refractivity contribution in [2.24, 2.45) is 10.9 Å². The molecule has 1 aromatic rings. The summed E-state index contributed by atoms with van der Waals surface area (Å²) < 4.78 is 5.09. The van der Waals surface area contributed by atoms with Crippen molar-refractivity contribution in [3.05, 3.63) is 22.4 Å². The zero-order valence-electron chi connectivity index (χ0n) is 10.7. The Balaban J connectivity index is 2.34. The molecule has 1 rings (SSSR count). The van der Waals surface area contributed by atoms with Crippen LogP contribution in [0.3, 0.4) is 0 Å². The van der Waals surface area contributed by atoms with E-state index in [-0.39, 0.29) is 5.84 Å². The Labute approximate surface area is 112 Å². The van der Waals surface area contributed by atoms with Crippen LogP contribution in [0.5, 0.6) is 0 Å². The summed E-state index contributed by atoms with van der Waals surface area (Å²) in [4.78, 5) is 3.64. The van der Waals surface area contributed by atoms with Crippen molar-refractivity contribution < 1.29 is 9.94 Å². The standard InChI is InChI=1S/C12H21N3O2S/c1-17-9-8-15(7-5-12(13)14-16)6-4-11-3-2-10-18-11/h2-3,10,16H,4-9H2,1H3,(H2,13,14). The number of rotatable bonds is 9. The van der Waals surface area contributed by atoms with E-state index in [1.807, 2.05) is 0 Å². The predicted molar refractivity (Wildman–Crippen MR) is 74.4 cm³/mol. The van der Waals surface area contributed by atoms with E-state index >= 15 is 0 Å². The molecule has 0 aliphatic heterocycles. The number of hydrogen-bond donors (Lipinski definition) is 2. The van der Waals surface area contributed by atoms with Gasteiger partial charge in [0.15, 0.2) is 0 Å². The maximum Gasteiger partial charge on any atom is 0.140 e. The largest absolute Gasteiger partial charge is 0.409 e. The maximum absolute atomic E-state index is 8.53. The Bertz CT molecular complexity index is 341. The van der Waals surface area contributed by atoms with Crippen molar-refractivity contribution >= 4 is 17.2 Å². The van der Waals surface area contributed by atoms with Crippen LogP contribution in [-0.2, 0) is 11.2 Å². The fraction of sp³-hybridized carbons (Fsp3) is 0.583. The van der Waals surface area contributed by atoms with Crippen molar-refractivity contribution in [3.63, 3.8) is 0 Å². The molecule has 0 aliphatic carbocycles. The van der Waals surface area contributed by atoms with E-state index in [2.05, 4.69) is 27.6 Å². The SMILES string of the molecule is COCCN(CCC(N)=NO)CCc1cccs1. The van der Waals surface area contributed by atoms with E-state index in [1.165, 1.54) is 4.88 Å². The molecule has 1 heterocycles. The summed E-state index contributed by atoms with van der Waals surface area (Å²) in [5.74, 6) is 0.272. The second-order valence-corrected chi connectivity index (χ2v) is 5.04. The normalized spacial score (nSPS) is 12.2. The molecule has 0 atom stereocenters. The second-order valence-electron chi connectivity index (χ2n) is 4.01. The quantitative estimate of drug-likeness (QED) is 0.308. The van der Waals surface area contributed by atoms with Crippen molar-refractivity contribution in [3.8, 4) is 0 Å². The average molecular weight is 271 g/mol. The first-order chi connectivity index (χ1) is 8.76. The molecule has 0 radical (unpaired) electrons. The van der Waals surface area contributed by atoms with Crippen molar-refractivity contribution in [1.29, 1.82) is 0 Å². The third-order valence-corrected chi connectivity index (χ3v) is 3.61. The Morgan fingerprint density at radius 1 is 1.50 bits per heavy atom. The van der Waals surface area contributed by atoms with Gasteiger partial charge < -0.3 is 20.6 Å². The topological polar surface area (TPSA) is 71.1 Å². The van der Waals surface area contributed by atoms with Crippen LogP contribution in [0.4, 0.5) is 0 Å². The Kier molecular flexibility index (Phi) is 7.40. The number of amidine groups is 1. The van der Waals surface area contributed by atoms with Crippen LogP contribution in [0.2, 0.25) is 0 Å². The first-order valence-electron chi connectivity index (χ1n) is 5.96. The number of thiophene rings is 1. The molecule has 3 N–H and O–H groups in total. The number of nitrogens with zero attached hydrogens (tertiary/aromatic N) is 2. The number of hydrogen-bond acceptors (Lipinski definition) is 5. The van der Waals surface area contributed by atoms with E-state index in [0.717, 1.165) is 26.1 Å². The molecule has 0 amide bonds. The summed E-state index contributed by atoms with van der Waals surface area (Å²) in [6.45, 7) is 3.30. The molecule has 0 fully saturated rings. The van der Waals surface area contributed by atoms with Crippen LogP contribution in [0.15, 0.2) is 22.7 Å². The van der Waals surface area contributed by atoms with Crippen molar-refractivity contribution in [2.75, 3.05) is 33.4 Å². The highest BCUT2D eigenvalue weighted by molar-refractivity contribution is 7.09. The number of oxime groups is 1. The Hall–Kier alpha value is -1.11. The van der Waals surface area contributed by atoms with Gasteiger partial charge in [0, 0.05) is 38.0 Å². The Morgan fingerprint density at radius 3 is 2.94 bits per heavy atom. The number of nitrogens with two attached hydrogens (primary N) is 1. The van der Waals surface area contributed by atoms with Gasteiger partial charge in [-0.05, 0) is 17.9 Å². The molecular weight excluding hydrogens is 250 g/mol. The summed E-state index contributed by atoms with van der Waals surface area (Å²) in [6, 6.07) is 4.21. The molecule has 0 unspecified atom stereocenters. The summed E-state index contributed by atoms with van der Waals surface area (Å²) in [6.07, 6.45) is 1.60. The van der Waals surface area contributed by atoms with Crippen LogP contribution < -0.4 is 5.73 Å². The first-order valence-corrected chi connectivity index (χ1v) is 6.84. The van der Waals surface area contributed by atoms with Gasteiger partial charge in [0.05, 0.1) is 6.61 Å². The third-order valence-electron chi connectivity index (χ3n) is 2.68. The molecule has 0 aromatic carbocycles. The van der Waals surface area contributed by atoms with Gasteiger partial charge in [-0.1, -0.05) is 11.2 Å². The van der Waals surface area contributed by atoms with Crippen molar-refractivity contribution in [1.82, 2.24) is 4.90 Å². The molecule has 6 heteroatoms. The molecule has 0 saturated heterocycles. The molecule has 1 aromatic heterocycles. The predicted octanol–water partition coefficient (Wildman–Crippen LogP) is 1.38. The minimum atomic E-state index is 0.272. The third kappa shape index (κ3) is 6.00. The smallest absolute Gasteiger partial charge is 0.140 e. The number of ether oxygens (including phenoxy) is 1. The minimum absolute atomic E-state index is 0.272. The maximum atomic E-state index is 8.53. The van der Waals surface area contributed by atoms with Gasteiger partial charge in [-0.25, -0.2) is 0 Å². The van der Waals surface area contributed by atoms with E-state index in [1.54, 1.807) is 18.4 Å². The molecule has 0 saturated carbocycles. The highest BCUT2D eigenvalue weighted by Crippen LogP contribution is 2.09. The van der Waals surface area contributed by atoms with E-state index in [0.29, 0.717) is 13.0 Å². The Morgan fingerprint density at radius 2 is 2.33 bits per heavy atom. The fourth-order valence-corrected chi connectivity index (χ4v) is 2.30. The van der Waals surface area contributed by atoms with Crippen LogP contribution in [-0.4, -0.2) is 49.3 Å². The average Bonchev–Trinajstić information content (AvgIpc) is 2.90. The highest BCUT2D eigenvalue weighted by atomic mass is 32.1. The molecule has 5 nitrogen and oxygen atoms in total. The lowest BCUT2D eigenvalue weighted by atomic mass is 10.3. The van der Waals surface area contributed by atoms with Gasteiger partial charge in [-0.2, -0.15) is 0 Å². The minimum Gasteiger partial charge on any atom is -0.409 e. The van der Waals surface area contributed by atoms with E-state index in [4.69, 9.17) is 15.7 Å². The van der Waals surface area contributed by atoms with Gasteiger partial charge in [-0.15, -0.1) is 11.3 Å². The summed E-state index contributed by atoms with van der Waals surface area (Å²) in [5.41, 5.74) is 5.48. The lowest BCUT2D eigenvalue weighted by Gasteiger charge is -2.21. The molecule has 18 heavy (non-hydrogen) atoms. The molecule has 0 bridgehead atoms. The van der Waals surface area contributed by atoms with E-state index < -0.39 is 0 Å². The monoisotopic (exact) mass is 271 g/mol. The molecule has 102 valence electrons. The molecule has 0 spiro atoms. The van der Waals surface area contributed by atoms with Gasteiger partial charge >= 0.3 is 0 Å². The zero-order valence-corrected chi connectivity index (χ0v) is 11.5. The van der Waals surface area contributed by atoms with Gasteiger partial charge in [0.2, 0.25) is 0 Å². The van der Waals surface area contributed by atoms with E-state index in [9.17, 15) is 0 Å². The lowest BCUT2D eigenvalue weighted by Crippen LogP contribution is -2.32. The summed E-state index contributed by atoms with van der Waals surface area (Å²) >= 11 is 1.77. The summed E-state index contributed by atoms with van der Waals surface area (Å²) in [7, 11) is 1.70. The van der Waals surface area contributed by atoms with Crippen LogP contribution in [0, 0.1) is 0 Å². The zero-order chi connectivity index (χ0) is 13.2. The van der Waals surface area contributed by atoms with Gasteiger partial charge in [0.25, 0.3) is 0 Å². The lowest BCUT2D eigenvalue weighted by molar-refractivity contribution is 0.150. The van der Waals surface area contributed by atoms with Crippen LogP contribution in [0.1, 0.15) is 11.3 Å². The molecule has 0 aliphatic rings. The van der Waals surface area contributed by atoms with Crippen LogP contribution >= 0.6 is 11.3 Å². The first kappa shape index (κ1) is 14.9. The van der Waals surface area contributed by atoms with Gasteiger partial charge in [-0.3, -0.25) is 0 Å². The second kappa shape index (κ2) is 8.91. The highest BCUT2D eigenvalue weighted by Gasteiger charge is 2.06. The fourth-order valence-electron chi connectivity index (χ4n) is 1.60. The van der Waals surface area contributed by atoms with Crippen molar-refractivity contribution in [2.45, 2.75) is 12.8 Å². The molecular formula is C12H21N3O2S. The number of methoxy groups -OCH3 is 1.